The largest absolute Gasteiger partial charge is 0.493 e. The van der Waals surface area contributed by atoms with Crippen molar-refractivity contribution in [3.63, 3.8) is 0 Å². The molecule has 0 aliphatic rings. The first kappa shape index (κ1) is 28.3. The minimum Gasteiger partial charge on any atom is -0.493 e. The van der Waals surface area contributed by atoms with Crippen molar-refractivity contribution in [2.75, 3.05) is 27.8 Å². The van der Waals surface area contributed by atoms with Crippen LogP contribution in [0.4, 0.5) is 0 Å². The van der Waals surface area contributed by atoms with Crippen LogP contribution in [0.5, 0.6) is 11.5 Å². The number of amides is 1. The molecule has 6 heteroatoms. The number of carbonyl (C=O) groups excluding carboxylic acids is 1. The van der Waals surface area contributed by atoms with Gasteiger partial charge in [0.25, 0.3) is 5.91 Å². The van der Waals surface area contributed by atoms with Crippen molar-refractivity contribution in [1.82, 2.24) is 9.80 Å². The van der Waals surface area contributed by atoms with E-state index < -0.39 is 0 Å². The Morgan fingerprint density at radius 1 is 0.892 bits per heavy atom. The Morgan fingerprint density at radius 3 is 2.14 bits per heavy atom. The Morgan fingerprint density at radius 2 is 1.54 bits per heavy atom. The van der Waals surface area contributed by atoms with Gasteiger partial charge < -0.3 is 18.8 Å². The highest BCUT2D eigenvalue weighted by atomic mass is 16.5. The lowest BCUT2D eigenvalue weighted by Gasteiger charge is -2.26. The molecule has 1 heterocycles. The van der Waals surface area contributed by atoms with Crippen LogP contribution in [0, 0.1) is 0 Å². The number of carbonyl (C=O) groups is 1. The molecule has 0 atom stereocenters. The summed E-state index contributed by atoms with van der Waals surface area (Å²) < 4.78 is 16.7. The standard InChI is InChI=1S/C31H42N2O4/c1-22(2)33(20-24-9-12-25(13-10-24)31(3,4)5)21-26-14-16-28(37-26)30(34)32(6)18-17-23-11-15-27(35-7)29(19-23)36-8/h9-16,19,22H,17-18,20-21H2,1-8H3. The average Bonchev–Trinajstić information content (AvgIpc) is 3.34. The molecule has 0 fully saturated rings. The van der Waals surface area contributed by atoms with E-state index >= 15 is 0 Å². The normalized spacial score (nSPS) is 11.7. The third-order valence-electron chi connectivity index (χ3n) is 6.70. The van der Waals surface area contributed by atoms with E-state index in [1.165, 1.54) is 11.1 Å². The monoisotopic (exact) mass is 506 g/mol. The molecule has 37 heavy (non-hydrogen) atoms. The zero-order valence-electron chi connectivity index (χ0n) is 23.6. The maximum Gasteiger partial charge on any atom is 0.289 e. The van der Waals surface area contributed by atoms with Crippen molar-refractivity contribution >= 4 is 5.91 Å². The van der Waals surface area contributed by atoms with Gasteiger partial charge in [-0.2, -0.15) is 0 Å². The van der Waals surface area contributed by atoms with E-state index in [1.54, 1.807) is 32.2 Å². The van der Waals surface area contributed by atoms with Gasteiger partial charge in [0.15, 0.2) is 17.3 Å². The van der Waals surface area contributed by atoms with Crippen LogP contribution in [0.1, 0.15) is 67.6 Å². The number of nitrogens with zero attached hydrogens (tertiary/aromatic N) is 2. The Balaban J connectivity index is 1.60. The minimum atomic E-state index is -0.124. The SMILES string of the molecule is COc1ccc(CCN(C)C(=O)c2ccc(CN(Cc3ccc(C(C)(C)C)cc3)C(C)C)o2)cc1OC. The average molecular weight is 507 g/mol. The molecule has 1 aromatic heterocycles. The fraction of sp³-hybridized carbons (Fsp3) is 0.452. The third kappa shape index (κ3) is 7.62. The third-order valence-corrected chi connectivity index (χ3v) is 6.70. The number of furan rings is 1. The van der Waals surface area contributed by atoms with Crippen molar-refractivity contribution in [3.05, 3.63) is 82.8 Å². The number of hydrogen-bond donors (Lipinski definition) is 0. The van der Waals surface area contributed by atoms with Crippen LogP contribution in [-0.2, 0) is 24.9 Å². The molecule has 2 aromatic carbocycles. The van der Waals surface area contributed by atoms with Crippen LogP contribution in [0.3, 0.4) is 0 Å². The van der Waals surface area contributed by atoms with Crippen molar-refractivity contribution in [3.8, 4) is 11.5 Å². The van der Waals surface area contributed by atoms with Gasteiger partial charge in [-0.05, 0) is 66.6 Å². The van der Waals surface area contributed by atoms with Gasteiger partial charge in [-0.15, -0.1) is 0 Å². The number of benzene rings is 2. The van der Waals surface area contributed by atoms with E-state index in [4.69, 9.17) is 13.9 Å². The maximum absolute atomic E-state index is 13.0. The fourth-order valence-electron chi connectivity index (χ4n) is 4.17. The second-order valence-corrected chi connectivity index (χ2v) is 10.9. The van der Waals surface area contributed by atoms with Crippen molar-refractivity contribution < 1.29 is 18.7 Å². The number of ether oxygens (including phenoxy) is 2. The second kappa shape index (κ2) is 12.3. The number of methoxy groups -OCH3 is 2. The molecule has 0 spiro atoms. The first-order valence-electron chi connectivity index (χ1n) is 12.9. The van der Waals surface area contributed by atoms with Crippen LogP contribution in [0.2, 0.25) is 0 Å². The Bertz CT molecular complexity index is 1160. The van der Waals surface area contributed by atoms with E-state index in [1.807, 2.05) is 24.3 Å². The molecule has 200 valence electrons. The summed E-state index contributed by atoms with van der Waals surface area (Å²) in [6.45, 7) is 13.1. The zero-order chi connectivity index (χ0) is 27.2. The summed E-state index contributed by atoms with van der Waals surface area (Å²) in [5.41, 5.74) is 3.80. The molecule has 0 radical (unpaired) electrons. The first-order chi connectivity index (χ1) is 17.5. The van der Waals surface area contributed by atoms with Gasteiger partial charge in [0.05, 0.1) is 20.8 Å². The quantitative estimate of drug-likeness (QED) is 0.305. The summed E-state index contributed by atoms with van der Waals surface area (Å²) >= 11 is 0. The van der Waals surface area contributed by atoms with Crippen LogP contribution >= 0.6 is 0 Å². The predicted molar refractivity (Wildman–Crippen MR) is 148 cm³/mol. The second-order valence-electron chi connectivity index (χ2n) is 10.9. The molecular weight excluding hydrogens is 464 g/mol. The van der Waals surface area contributed by atoms with Crippen LogP contribution in [-0.4, -0.2) is 49.6 Å². The zero-order valence-corrected chi connectivity index (χ0v) is 23.6. The van der Waals surface area contributed by atoms with Crippen LogP contribution in [0.15, 0.2) is 59.0 Å². The van der Waals surface area contributed by atoms with Gasteiger partial charge >= 0.3 is 0 Å². The summed E-state index contributed by atoms with van der Waals surface area (Å²) in [6, 6.07) is 18.7. The maximum atomic E-state index is 13.0. The summed E-state index contributed by atoms with van der Waals surface area (Å²) in [5.74, 6) is 2.40. The van der Waals surface area contributed by atoms with Crippen molar-refractivity contribution in [2.45, 2.75) is 65.6 Å². The van der Waals surface area contributed by atoms with Gasteiger partial charge in [0, 0.05) is 26.2 Å². The summed E-state index contributed by atoms with van der Waals surface area (Å²) in [4.78, 5) is 17.0. The van der Waals surface area contributed by atoms with E-state index in [-0.39, 0.29) is 11.3 Å². The lowest BCUT2D eigenvalue weighted by molar-refractivity contribution is 0.0760. The molecule has 3 aromatic rings. The molecule has 1 amide bonds. The predicted octanol–water partition coefficient (Wildman–Crippen LogP) is 6.32. The molecule has 0 saturated carbocycles. The highest BCUT2D eigenvalue weighted by molar-refractivity contribution is 5.91. The lowest BCUT2D eigenvalue weighted by atomic mass is 9.87. The molecule has 3 rings (SSSR count). The lowest BCUT2D eigenvalue weighted by Crippen LogP contribution is -2.30. The Labute approximate surface area is 222 Å². The molecule has 0 unspecified atom stereocenters. The van der Waals surface area contributed by atoms with Crippen molar-refractivity contribution in [1.29, 1.82) is 0 Å². The summed E-state index contributed by atoms with van der Waals surface area (Å²) in [7, 11) is 5.04. The molecule has 0 N–H and O–H groups in total. The number of hydrogen-bond acceptors (Lipinski definition) is 5. The number of likely N-dealkylation sites (N-methyl/N-ethyl adjacent to an activating group) is 1. The minimum absolute atomic E-state index is 0.124. The van der Waals surface area contributed by atoms with Gasteiger partial charge in [0.2, 0.25) is 0 Å². The smallest absolute Gasteiger partial charge is 0.289 e. The van der Waals surface area contributed by atoms with Crippen LogP contribution in [0.25, 0.3) is 0 Å². The van der Waals surface area contributed by atoms with Crippen molar-refractivity contribution in [2.24, 2.45) is 0 Å². The molecule has 0 bridgehead atoms. The highest BCUT2D eigenvalue weighted by Crippen LogP contribution is 2.28. The molecular formula is C31H42N2O4. The van der Waals surface area contributed by atoms with Gasteiger partial charge in [0.1, 0.15) is 5.76 Å². The fourth-order valence-corrected chi connectivity index (χ4v) is 4.17. The van der Waals surface area contributed by atoms with E-state index in [9.17, 15) is 4.79 Å². The molecule has 6 nitrogen and oxygen atoms in total. The van der Waals surface area contributed by atoms with Crippen LogP contribution < -0.4 is 9.47 Å². The van der Waals surface area contributed by atoms with E-state index in [0.717, 1.165) is 17.9 Å². The first-order valence-corrected chi connectivity index (χ1v) is 12.9. The van der Waals surface area contributed by atoms with E-state index in [2.05, 4.69) is 63.8 Å². The number of rotatable bonds is 11. The van der Waals surface area contributed by atoms with Gasteiger partial charge in [-0.3, -0.25) is 9.69 Å². The highest BCUT2D eigenvalue weighted by Gasteiger charge is 2.19. The molecule has 0 aliphatic carbocycles. The Hall–Kier alpha value is -3.25. The topological polar surface area (TPSA) is 55.2 Å². The summed E-state index contributed by atoms with van der Waals surface area (Å²) in [5, 5.41) is 0. The molecule has 0 saturated heterocycles. The molecule has 0 aliphatic heterocycles. The Kier molecular flexibility index (Phi) is 9.44. The van der Waals surface area contributed by atoms with Gasteiger partial charge in [-0.25, -0.2) is 0 Å². The van der Waals surface area contributed by atoms with E-state index in [0.29, 0.717) is 42.8 Å². The summed E-state index contributed by atoms with van der Waals surface area (Å²) in [6.07, 6.45) is 0.700. The van der Waals surface area contributed by atoms with Gasteiger partial charge in [-0.1, -0.05) is 51.1 Å².